The van der Waals surface area contributed by atoms with Crippen molar-refractivity contribution in [3.8, 4) is 0 Å². The van der Waals surface area contributed by atoms with Crippen molar-refractivity contribution in [2.45, 2.75) is 45.4 Å². The van der Waals surface area contributed by atoms with Gasteiger partial charge in [0.1, 0.15) is 0 Å². The van der Waals surface area contributed by atoms with Gasteiger partial charge in [0.25, 0.3) is 5.91 Å². The highest BCUT2D eigenvalue weighted by Crippen LogP contribution is 2.04. The molecule has 0 aromatic heterocycles. The first-order chi connectivity index (χ1) is 8.34. The number of rotatable bonds is 8. The second kappa shape index (κ2) is 8.80. The van der Waals surface area contributed by atoms with Crippen LogP contribution in [0.15, 0.2) is 30.3 Å². The van der Waals surface area contributed by atoms with E-state index >= 15 is 0 Å². The topological polar surface area (TPSA) is 29.1 Å². The van der Waals surface area contributed by atoms with Gasteiger partial charge in [-0.15, -0.1) is 0 Å². The molecule has 94 valence electrons. The first-order valence-corrected chi connectivity index (χ1v) is 6.68. The molecule has 0 aliphatic carbocycles. The Morgan fingerprint density at radius 2 is 1.65 bits per heavy atom. The average Bonchev–Trinajstić information content (AvgIpc) is 2.38. The molecule has 1 N–H and O–H groups in total. The lowest BCUT2D eigenvalue weighted by Crippen LogP contribution is -2.24. The molecule has 0 saturated carbocycles. The minimum absolute atomic E-state index is 0.0409. The average molecular weight is 233 g/mol. The molecule has 0 saturated heterocycles. The molecule has 0 atom stereocenters. The molecular formula is C15H23NO. The summed E-state index contributed by atoms with van der Waals surface area (Å²) in [5.74, 6) is 0.0409. The van der Waals surface area contributed by atoms with Gasteiger partial charge < -0.3 is 5.32 Å². The van der Waals surface area contributed by atoms with E-state index in [9.17, 15) is 4.79 Å². The lowest BCUT2D eigenvalue weighted by atomic mass is 10.1. The summed E-state index contributed by atoms with van der Waals surface area (Å²) in [5.41, 5.74) is 0.749. The zero-order chi connectivity index (χ0) is 12.3. The lowest BCUT2D eigenvalue weighted by molar-refractivity contribution is 0.0953. The maximum Gasteiger partial charge on any atom is 0.251 e. The van der Waals surface area contributed by atoms with Crippen LogP contribution in [0.5, 0.6) is 0 Å². The van der Waals surface area contributed by atoms with E-state index in [1.165, 1.54) is 32.1 Å². The third-order valence-corrected chi connectivity index (χ3v) is 2.85. The first-order valence-electron chi connectivity index (χ1n) is 6.68. The quantitative estimate of drug-likeness (QED) is 0.680. The van der Waals surface area contributed by atoms with E-state index in [2.05, 4.69) is 12.2 Å². The molecule has 1 amide bonds. The molecule has 1 aromatic rings. The highest BCUT2D eigenvalue weighted by molar-refractivity contribution is 5.94. The highest BCUT2D eigenvalue weighted by atomic mass is 16.1. The molecule has 0 heterocycles. The van der Waals surface area contributed by atoms with Gasteiger partial charge in [-0.05, 0) is 18.6 Å². The summed E-state index contributed by atoms with van der Waals surface area (Å²) in [4.78, 5) is 11.7. The maximum absolute atomic E-state index is 11.7. The van der Waals surface area contributed by atoms with E-state index < -0.39 is 0 Å². The van der Waals surface area contributed by atoms with E-state index in [-0.39, 0.29) is 5.91 Å². The van der Waals surface area contributed by atoms with E-state index in [0.29, 0.717) is 0 Å². The molecule has 0 unspecified atom stereocenters. The van der Waals surface area contributed by atoms with Crippen LogP contribution in [0.25, 0.3) is 0 Å². The van der Waals surface area contributed by atoms with Crippen LogP contribution in [0.1, 0.15) is 55.8 Å². The molecule has 0 aliphatic rings. The Labute approximate surface area is 104 Å². The van der Waals surface area contributed by atoms with Gasteiger partial charge in [-0.2, -0.15) is 0 Å². The summed E-state index contributed by atoms with van der Waals surface area (Å²) in [6, 6.07) is 9.39. The van der Waals surface area contributed by atoms with E-state index in [4.69, 9.17) is 0 Å². The van der Waals surface area contributed by atoms with Gasteiger partial charge in [-0.1, -0.05) is 57.2 Å². The normalized spacial score (nSPS) is 10.2. The minimum Gasteiger partial charge on any atom is -0.352 e. The Hall–Kier alpha value is -1.31. The SMILES string of the molecule is CCCCCCCCNC(=O)c1ccccc1. The molecule has 0 bridgehead atoms. The van der Waals surface area contributed by atoms with Crippen molar-refractivity contribution in [1.82, 2.24) is 5.32 Å². The van der Waals surface area contributed by atoms with Crippen LogP contribution in [0.3, 0.4) is 0 Å². The molecule has 17 heavy (non-hydrogen) atoms. The van der Waals surface area contributed by atoms with Gasteiger partial charge in [0, 0.05) is 12.1 Å². The van der Waals surface area contributed by atoms with Crippen molar-refractivity contribution >= 4 is 5.91 Å². The van der Waals surface area contributed by atoms with Gasteiger partial charge in [-0.25, -0.2) is 0 Å². The van der Waals surface area contributed by atoms with Crippen LogP contribution in [-0.4, -0.2) is 12.5 Å². The third kappa shape index (κ3) is 6.10. The van der Waals surface area contributed by atoms with Crippen molar-refractivity contribution in [1.29, 1.82) is 0 Å². The standard InChI is InChI=1S/C15H23NO/c1-2-3-4-5-6-10-13-16-15(17)14-11-8-7-9-12-14/h7-9,11-12H,2-6,10,13H2,1H3,(H,16,17). The fraction of sp³-hybridized carbons (Fsp3) is 0.533. The minimum atomic E-state index is 0.0409. The van der Waals surface area contributed by atoms with E-state index in [1.807, 2.05) is 30.3 Å². The number of unbranched alkanes of at least 4 members (excludes halogenated alkanes) is 5. The molecule has 0 fully saturated rings. The Kier molecular flexibility index (Phi) is 7.12. The monoisotopic (exact) mass is 233 g/mol. The summed E-state index contributed by atoms with van der Waals surface area (Å²) in [7, 11) is 0. The predicted octanol–water partition coefficient (Wildman–Crippen LogP) is 3.78. The smallest absolute Gasteiger partial charge is 0.251 e. The largest absolute Gasteiger partial charge is 0.352 e. The van der Waals surface area contributed by atoms with Crippen LogP contribution in [-0.2, 0) is 0 Å². The fourth-order valence-electron chi connectivity index (χ4n) is 1.80. The molecule has 1 aromatic carbocycles. The highest BCUT2D eigenvalue weighted by Gasteiger charge is 2.02. The van der Waals surface area contributed by atoms with Crippen molar-refractivity contribution in [3.05, 3.63) is 35.9 Å². The summed E-state index contributed by atoms with van der Waals surface area (Å²) >= 11 is 0. The Morgan fingerprint density at radius 1 is 1.00 bits per heavy atom. The van der Waals surface area contributed by atoms with Gasteiger partial charge in [0.05, 0.1) is 0 Å². The van der Waals surface area contributed by atoms with Gasteiger partial charge in [0.2, 0.25) is 0 Å². The van der Waals surface area contributed by atoms with Crippen molar-refractivity contribution in [2.75, 3.05) is 6.54 Å². The van der Waals surface area contributed by atoms with Crippen molar-refractivity contribution in [3.63, 3.8) is 0 Å². The Morgan fingerprint density at radius 3 is 2.35 bits per heavy atom. The number of hydrogen-bond donors (Lipinski definition) is 1. The molecule has 2 heteroatoms. The maximum atomic E-state index is 11.7. The van der Waals surface area contributed by atoms with Gasteiger partial charge in [0.15, 0.2) is 0 Å². The number of benzene rings is 1. The van der Waals surface area contributed by atoms with Gasteiger partial charge in [-0.3, -0.25) is 4.79 Å². The van der Waals surface area contributed by atoms with E-state index in [1.54, 1.807) is 0 Å². The van der Waals surface area contributed by atoms with Crippen LogP contribution in [0.4, 0.5) is 0 Å². The molecule has 1 rings (SSSR count). The fourth-order valence-corrected chi connectivity index (χ4v) is 1.80. The summed E-state index contributed by atoms with van der Waals surface area (Å²) < 4.78 is 0. The van der Waals surface area contributed by atoms with Crippen LogP contribution in [0.2, 0.25) is 0 Å². The predicted molar refractivity (Wildman–Crippen MR) is 72.2 cm³/mol. The lowest BCUT2D eigenvalue weighted by Gasteiger charge is -2.04. The van der Waals surface area contributed by atoms with Gasteiger partial charge >= 0.3 is 0 Å². The number of hydrogen-bond acceptors (Lipinski definition) is 1. The molecule has 0 aliphatic heterocycles. The second-order valence-electron chi connectivity index (χ2n) is 4.39. The number of nitrogens with one attached hydrogen (secondary N) is 1. The summed E-state index contributed by atoms with van der Waals surface area (Å²) in [6.07, 6.45) is 7.52. The Balaban J connectivity index is 2.05. The zero-order valence-corrected chi connectivity index (χ0v) is 10.7. The third-order valence-electron chi connectivity index (χ3n) is 2.85. The Bertz CT molecular complexity index is 308. The first kappa shape index (κ1) is 13.8. The van der Waals surface area contributed by atoms with Crippen molar-refractivity contribution < 1.29 is 4.79 Å². The summed E-state index contributed by atoms with van der Waals surface area (Å²) in [5, 5.41) is 2.95. The molecule has 0 spiro atoms. The van der Waals surface area contributed by atoms with Crippen LogP contribution < -0.4 is 5.32 Å². The number of carbonyl (C=O) groups excluding carboxylic acids is 1. The number of amides is 1. The molecule has 0 radical (unpaired) electrons. The number of carbonyl (C=O) groups is 1. The van der Waals surface area contributed by atoms with E-state index in [0.717, 1.165) is 18.5 Å². The molecular weight excluding hydrogens is 210 g/mol. The van der Waals surface area contributed by atoms with Crippen LogP contribution >= 0.6 is 0 Å². The molecule has 2 nitrogen and oxygen atoms in total. The zero-order valence-electron chi connectivity index (χ0n) is 10.7. The second-order valence-corrected chi connectivity index (χ2v) is 4.39. The summed E-state index contributed by atoms with van der Waals surface area (Å²) in [6.45, 7) is 3.01. The van der Waals surface area contributed by atoms with Crippen LogP contribution in [0, 0.1) is 0 Å². The van der Waals surface area contributed by atoms with Crippen molar-refractivity contribution in [2.24, 2.45) is 0 Å².